The maximum absolute atomic E-state index is 12.2. The van der Waals surface area contributed by atoms with E-state index in [9.17, 15) is 4.79 Å². The molecule has 2 rings (SSSR count). The Morgan fingerprint density at radius 3 is 2.41 bits per heavy atom. The van der Waals surface area contributed by atoms with Crippen molar-refractivity contribution >= 4 is 14.3 Å². The van der Waals surface area contributed by atoms with Crippen molar-refractivity contribution in [2.45, 2.75) is 71.9 Å². The number of ether oxygens (including phenoxy) is 2. The van der Waals surface area contributed by atoms with Crippen LogP contribution in [-0.2, 0) is 25.3 Å². The molecule has 1 aromatic carbocycles. The van der Waals surface area contributed by atoms with Crippen LogP contribution in [0, 0.1) is 11.8 Å². The number of carbonyl (C=O) groups excluding carboxylic acids is 1. The lowest BCUT2D eigenvalue weighted by Crippen LogP contribution is -2.43. The van der Waals surface area contributed by atoms with Gasteiger partial charge in [0.1, 0.15) is 6.10 Å². The summed E-state index contributed by atoms with van der Waals surface area (Å²) in [6.45, 7) is 17.3. The Morgan fingerprint density at radius 1 is 1.14 bits per heavy atom. The highest BCUT2D eigenvalue weighted by molar-refractivity contribution is 6.74. The van der Waals surface area contributed by atoms with Gasteiger partial charge in [-0.3, -0.25) is 0 Å². The number of rotatable bonds is 9. The number of benzene rings is 1. The summed E-state index contributed by atoms with van der Waals surface area (Å²) in [4.78, 5) is 12.2. The second-order valence-electron chi connectivity index (χ2n) is 9.85. The predicted octanol–water partition coefficient (Wildman–Crippen LogP) is 5.74. The van der Waals surface area contributed by atoms with E-state index in [1.807, 2.05) is 18.2 Å². The number of cyclic esters (lactones) is 1. The first kappa shape index (κ1) is 23.8. The smallest absolute Gasteiger partial charge is 0.331 e. The zero-order valence-corrected chi connectivity index (χ0v) is 20.2. The van der Waals surface area contributed by atoms with Crippen molar-refractivity contribution in [3.63, 3.8) is 0 Å². The van der Waals surface area contributed by atoms with E-state index < -0.39 is 8.32 Å². The molecule has 1 aliphatic rings. The van der Waals surface area contributed by atoms with Crippen LogP contribution in [0.15, 0.2) is 42.0 Å². The minimum absolute atomic E-state index is 0.135. The molecule has 4 nitrogen and oxygen atoms in total. The van der Waals surface area contributed by atoms with Crippen LogP contribution in [0.25, 0.3) is 0 Å². The summed E-state index contributed by atoms with van der Waals surface area (Å²) in [5.74, 6) is 0.0992. The molecule has 0 bridgehead atoms. The van der Waals surface area contributed by atoms with Crippen molar-refractivity contribution in [3.8, 4) is 0 Å². The van der Waals surface area contributed by atoms with Crippen LogP contribution < -0.4 is 0 Å². The molecule has 3 atom stereocenters. The number of esters is 1. The minimum Gasteiger partial charge on any atom is -0.459 e. The summed E-state index contributed by atoms with van der Waals surface area (Å²) in [6.07, 6.45) is 2.27. The third kappa shape index (κ3) is 7.09. The van der Waals surface area contributed by atoms with Gasteiger partial charge in [0, 0.05) is 30.9 Å². The van der Waals surface area contributed by atoms with Gasteiger partial charge in [-0.15, -0.1) is 0 Å². The van der Waals surface area contributed by atoms with Gasteiger partial charge in [-0.1, -0.05) is 70.5 Å². The number of hydrogen-bond acceptors (Lipinski definition) is 4. The molecule has 0 aliphatic carbocycles. The van der Waals surface area contributed by atoms with Gasteiger partial charge < -0.3 is 13.9 Å². The lowest BCUT2D eigenvalue weighted by molar-refractivity contribution is -0.147. The quantitative estimate of drug-likeness (QED) is 0.379. The van der Waals surface area contributed by atoms with Crippen LogP contribution in [0.1, 0.15) is 46.6 Å². The molecule has 0 radical (unpaired) electrons. The van der Waals surface area contributed by atoms with E-state index in [0.717, 1.165) is 17.6 Å². The maximum Gasteiger partial charge on any atom is 0.331 e. The molecule has 0 N–H and O–H groups in total. The zero-order chi connectivity index (χ0) is 21.7. The highest BCUT2D eigenvalue weighted by atomic mass is 28.4. The molecule has 0 amide bonds. The number of carbonyl (C=O) groups is 1. The summed E-state index contributed by atoms with van der Waals surface area (Å²) in [7, 11) is -1.81. The van der Waals surface area contributed by atoms with Gasteiger partial charge in [0.25, 0.3) is 0 Å². The van der Waals surface area contributed by atoms with Crippen molar-refractivity contribution in [2.24, 2.45) is 11.8 Å². The second-order valence-corrected chi connectivity index (χ2v) is 14.7. The van der Waals surface area contributed by atoms with Crippen LogP contribution in [-0.4, -0.2) is 33.6 Å². The zero-order valence-electron chi connectivity index (χ0n) is 19.2. The second kappa shape index (κ2) is 10.1. The van der Waals surface area contributed by atoms with E-state index in [1.165, 1.54) is 0 Å². The molecule has 1 heterocycles. The van der Waals surface area contributed by atoms with Gasteiger partial charge >= 0.3 is 5.97 Å². The van der Waals surface area contributed by atoms with Crippen LogP contribution in [0.5, 0.6) is 0 Å². The molecule has 1 aliphatic heterocycles. The highest BCUT2D eigenvalue weighted by Gasteiger charge is 2.38. The largest absolute Gasteiger partial charge is 0.459 e. The Hall–Kier alpha value is -1.43. The maximum atomic E-state index is 12.2. The third-order valence-corrected chi connectivity index (χ3v) is 10.8. The first-order valence-electron chi connectivity index (χ1n) is 10.7. The fourth-order valence-corrected chi connectivity index (χ4v) is 4.14. The lowest BCUT2D eigenvalue weighted by atomic mass is 9.89. The highest BCUT2D eigenvalue weighted by Crippen LogP contribution is 2.37. The van der Waals surface area contributed by atoms with E-state index in [1.54, 1.807) is 6.08 Å². The summed E-state index contributed by atoms with van der Waals surface area (Å²) < 4.78 is 17.9. The van der Waals surface area contributed by atoms with Gasteiger partial charge in [-0.05, 0) is 23.7 Å². The monoisotopic (exact) mass is 418 g/mol. The third-order valence-electron chi connectivity index (χ3n) is 6.27. The normalized spacial score (nSPS) is 20.0. The topological polar surface area (TPSA) is 44.8 Å². The molecular weight excluding hydrogens is 380 g/mol. The molecular formula is C24H38O4Si. The van der Waals surface area contributed by atoms with Gasteiger partial charge in [0.05, 0.1) is 13.2 Å². The summed E-state index contributed by atoms with van der Waals surface area (Å²) in [5.41, 5.74) is 2.27. The lowest BCUT2D eigenvalue weighted by Gasteiger charge is -2.38. The van der Waals surface area contributed by atoms with Crippen LogP contribution in [0.2, 0.25) is 18.1 Å². The Balaban J connectivity index is 1.87. The van der Waals surface area contributed by atoms with E-state index in [0.29, 0.717) is 19.8 Å². The summed E-state index contributed by atoms with van der Waals surface area (Å²) in [6, 6.07) is 10.1. The molecule has 0 saturated heterocycles. The van der Waals surface area contributed by atoms with Crippen molar-refractivity contribution < 1.29 is 18.7 Å². The summed E-state index contributed by atoms with van der Waals surface area (Å²) in [5, 5.41) is 0.172. The first-order chi connectivity index (χ1) is 13.5. The van der Waals surface area contributed by atoms with Crippen molar-refractivity contribution in [1.29, 1.82) is 0 Å². The fourth-order valence-electron chi connectivity index (χ4n) is 3.03. The van der Waals surface area contributed by atoms with Gasteiger partial charge in [-0.2, -0.15) is 0 Å². The SMILES string of the molecule is C[C@H](COCc1ccccc1)C1=CC(=O)O[C@@H]([C@H](C)CO[Si](C)(C)C(C)(C)C)C1. The summed E-state index contributed by atoms with van der Waals surface area (Å²) >= 11 is 0. The average molecular weight is 419 g/mol. The molecule has 162 valence electrons. The van der Waals surface area contributed by atoms with Crippen LogP contribution in [0.4, 0.5) is 0 Å². The molecule has 0 saturated carbocycles. The van der Waals surface area contributed by atoms with Gasteiger partial charge in [0.15, 0.2) is 8.32 Å². The van der Waals surface area contributed by atoms with E-state index in [4.69, 9.17) is 13.9 Å². The Bertz CT molecular complexity index is 691. The van der Waals surface area contributed by atoms with Crippen molar-refractivity contribution in [2.75, 3.05) is 13.2 Å². The molecule has 1 aromatic rings. The van der Waals surface area contributed by atoms with E-state index >= 15 is 0 Å². The number of hydrogen-bond donors (Lipinski definition) is 0. The van der Waals surface area contributed by atoms with Gasteiger partial charge in [-0.25, -0.2) is 4.79 Å². The predicted molar refractivity (Wildman–Crippen MR) is 120 cm³/mol. The molecule has 5 heteroatoms. The first-order valence-corrected chi connectivity index (χ1v) is 13.6. The Labute approximate surface area is 177 Å². The Kier molecular flexibility index (Phi) is 8.26. The van der Waals surface area contributed by atoms with Gasteiger partial charge in [0.2, 0.25) is 0 Å². The van der Waals surface area contributed by atoms with Crippen LogP contribution in [0.3, 0.4) is 0 Å². The van der Waals surface area contributed by atoms with Crippen molar-refractivity contribution in [3.05, 3.63) is 47.5 Å². The Morgan fingerprint density at radius 2 is 1.79 bits per heavy atom. The minimum atomic E-state index is -1.81. The van der Waals surface area contributed by atoms with E-state index in [-0.39, 0.29) is 28.9 Å². The fraction of sp³-hybridized carbons (Fsp3) is 0.625. The van der Waals surface area contributed by atoms with Crippen molar-refractivity contribution in [1.82, 2.24) is 0 Å². The standard InChI is InChI=1S/C24H38O4Si/c1-18(15-26-17-20-11-9-8-10-12-20)21-13-22(28-23(25)14-21)19(2)16-27-29(6,7)24(3,4)5/h8-12,14,18-19,22H,13,15-17H2,1-7H3/t18-,19-,22-/m1/s1. The molecule has 0 spiro atoms. The molecule has 29 heavy (non-hydrogen) atoms. The van der Waals surface area contributed by atoms with E-state index in [2.05, 4.69) is 59.8 Å². The molecule has 0 fully saturated rings. The molecule has 0 aromatic heterocycles. The average Bonchev–Trinajstić information content (AvgIpc) is 2.65. The molecule has 0 unspecified atom stereocenters. The van der Waals surface area contributed by atoms with Crippen LogP contribution >= 0.6 is 0 Å².